The van der Waals surface area contributed by atoms with Crippen LogP contribution in [0.15, 0.2) is 18.2 Å². The average molecular weight is 260 g/mol. The Morgan fingerprint density at radius 3 is 2.44 bits per heavy atom. The third-order valence-electron chi connectivity index (χ3n) is 2.94. The summed E-state index contributed by atoms with van der Waals surface area (Å²) in [4.78, 5) is 1.71. The highest BCUT2D eigenvalue weighted by molar-refractivity contribution is 5.62. The molecule has 0 atom stereocenters. The average Bonchev–Trinajstić information content (AvgIpc) is 2.38. The summed E-state index contributed by atoms with van der Waals surface area (Å²) < 4.78 is 44.3. The third kappa shape index (κ3) is 2.69. The number of rotatable bonds is 2. The van der Waals surface area contributed by atoms with Gasteiger partial charge in [-0.25, -0.2) is 0 Å². The van der Waals surface area contributed by atoms with E-state index in [2.05, 4.69) is 5.32 Å². The molecule has 0 bridgehead atoms. The van der Waals surface area contributed by atoms with E-state index >= 15 is 0 Å². The number of ether oxygens (including phenoxy) is 1. The van der Waals surface area contributed by atoms with E-state index in [0.29, 0.717) is 32.0 Å². The van der Waals surface area contributed by atoms with Crippen LogP contribution in [0.2, 0.25) is 0 Å². The number of anilines is 2. The van der Waals surface area contributed by atoms with E-state index in [1.54, 1.807) is 18.0 Å². The van der Waals surface area contributed by atoms with Crippen LogP contribution in [0.4, 0.5) is 24.5 Å². The van der Waals surface area contributed by atoms with Gasteiger partial charge >= 0.3 is 6.18 Å². The van der Waals surface area contributed by atoms with Crippen LogP contribution in [0.25, 0.3) is 0 Å². The fourth-order valence-electron chi connectivity index (χ4n) is 2.00. The molecule has 0 radical (unpaired) electrons. The quantitative estimate of drug-likeness (QED) is 0.884. The molecule has 0 amide bonds. The van der Waals surface area contributed by atoms with Crippen LogP contribution in [0.3, 0.4) is 0 Å². The molecule has 2 rings (SSSR count). The van der Waals surface area contributed by atoms with E-state index in [9.17, 15) is 13.2 Å². The molecule has 0 unspecified atom stereocenters. The molecule has 0 spiro atoms. The first-order valence-electron chi connectivity index (χ1n) is 5.74. The lowest BCUT2D eigenvalue weighted by molar-refractivity contribution is -0.137. The van der Waals surface area contributed by atoms with Gasteiger partial charge in [-0.15, -0.1) is 0 Å². The molecule has 0 aromatic heterocycles. The van der Waals surface area contributed by atoms with Crippen molar-refractivity contribution in [1.82, 2.24) is 0 Å². The normalized spacial score (nSPS) is 16.8. The highest BCUT2D eigenvalue weighted by atomic mass is 19.4. The van der Waals surface area contributed by atoms with E-state index in [1.807, 2.05) is 0 Å². The minimum absolute atomic E-state index is 0.227. The molecule has 1 fully saturated rings. The van der Waals surface area contributed by atoms with Crippen molar-refractivity contribution in [3.8, 4) is 0 Å². The van der Waals surface area contributed by atoms with E-state index in [1.165, 1.54) is 6.07 Å². The van der Waals surface area contributed by atoms with Gasteiger partial charge in [-0.05, 0) is 18.2 Å². The molecule has 1 N–H and O–H groups in total. The predicted octanol–water partition coefficient (Wildman–Crippen LogP) is 2.58. The SMILES string of the molecule is CNc1ccc(N2CCOCC2)c(C(F)(F)F)c1. The Bertz CT molecular complexity index is 414. The largest absolute Gasteiger partial charge is 0.418 e. The number of halogens is 3. The smallest absolute Gasteiger partial charge is 0.388 e. The van der Waals surface area contributed by atoms with Crippen molar-refractivity contribution in [2.75, 3.05) is 43.6 Å². The molecule has 1 heterocycles. The first kappa shape index (κ1) is 13.0. The number of hydrogen-bond acceptors (Lipinski definition) is 3. The van der Waals surface area contributed by atoms with Gasteiger partial charge < -0.3 is 15.0 Å². The van der Waals surface area contributed by atoms with E-state index < -0.39 is 11.7 Å². The summed E-state index contributed by atoms with van der Waals surface area (Å²) >= 11 is 0. The molecule has 1 aromatic rings. The Morgan fingerprint density at radius 1 is 1.22 bits per heavy atom. The number of nitrogens with zero attached hydrogens (tertiary/aromatic N) is 1. The molecule has 3 nitrogen and oxygen atoms in total. The molecular weight excluding hydrogens is 245 g/mol. The van der Waals surface area contributed by atoms with Crippen molar-refractivity contribution in [2.45, 2.75) is 6.18 Å². The Labute approximate surface area is 104 Å². The van der Waals surface area contributed by atoms with Crippen molar-refractivity contribution >= 4 is 11.4 Å². The second kappa shape index (κ2) is 5.06. The topological polar surface area (TPSA) is 24.5 Å². The maximum Gasteiger partial charge on any atom is 0.418 e. The standard InChI is InChI=1S/C12H15F3N2O/c1-16-9-2-3-11(10(8-9)12(13,14)15)17-4-6-18-7-5-17/h2-3,8,16H,4-7H2,1H3. The molecule has 1 aromatic carbocycles. The fraction of sp³-hybridized carbons (Fsp3) is 0.500. The number of nitrogens with one attached hydrogen (secondary N) is 1. The molecule has 0 saturated carbocycles. The molecule has 18 heavy (non-hydrogen) atoms. The van der Waals surface area contributed by atoms with Crippen LogP contribution >= 0.6 is 0 Å². The van der Waals surface area contributed by atoms with E-state index in [4.69, 9.17) is 4.74 Å². The molecule has 100 valence electrons. The molecule has 6 heteroatoms. The first-order chi connectivity index (χ1) is 8.52. The van der Waals surface area contributed by atoms with Gasteiger partial charge in [0.1, 0.15) is 0 Å². The summed E-state index contributed by atoms with van der Waals surface area (Å²) in [5, 5.41) is 2.73. The number of benzene rings is 1. The van der Waals surface area contributed by atoms with Crippen LogP contribution in [0, 0.1) is 0 Å². The van der Waals surface area contributed by atoms with Crippen molar-refractivity contribution in [2.24, 2.45) is 0 Å². The molecular formula is C12H15F3N2O. The summed E-state index contributed by atoms with van der Waals surface area (Å²) in [5.74, 6) is 0. The van der Waals surface area contributed by atoms with Crippen LogP contribution < -0.4 is 10.2 Å². The molecule has 1 aliphatic heterocycles. The maximum atomic E-state index is 13.0. The summed E-state index contributed by atoms with van der Waals surface area (Å²) in [6, 6.07) is 4.31. The minimum atomic E-state index is -4.35. The zero-order valence-corrected chi connectivity index (χ0v) is 10.0. The van der Waals surface area contributed by atoms with Gasteiger partial charge in [-0.3, -0.25) is 0 Å². The van der Waals surface area contributed by atoms with Crippen LogP contribution in [0.1, 0.15) is 5.56 Å². The number of hydrogen-bond donors (Lipinski definition) is 1. The second-order valence-corrected chi connectivity index (χ2v) is 4.08. The zero-order valence-electron chi connectivity index (χ0n) is 10.0. The van der Waals surface area contributed by atoms with Crippen molar-refractivity contribution in [1.29, 1.82) is 0 Å². The van der Waals surface area contributed by atoms with Gasteiger partial charge in [-0.2, -0.15) is 13.2 Å². The highest BCUT2D eigenvalue weighted by Crippen LogP contribution is 2.38. The number of alkyl halides is 3. The van der Waals surface area contributed by atoms with Gasteiger partial charge in [0.2, 0.25) is 0 Å². The monoisotopic (exact) mass is 260 g/mol. The zero-order chi connectivity index (χ0) is 13.2. The van der Waals surface area contributed by atoms with Gasteiger partial charge in [-0.1, -0.05) is 0 Å². The van der Waals surface area contributed by atoms with Crippen LogP contribution in [0.5, 0.6) is 0 Å². The summed E-state index contributed by atoms with van der Waals surface area (Å²) in [5.41, 5.74) is 0.0837. The van der Waals surface area contributed by atoms with Crippen molar-refractivity contribution in [3.63, 3.8) is 0 Å². The second-order valence-electron chi connectivity index (χ2n) is 4.08. The fourth-order valence-corrected chi connectivity index (χ4v) is 2.00. The molecule has 1 aliphatic rings. The lowest BCUT2D eigenvalue weighted by atomic mass is 10.1. The predicted molar refractivity (Wildman–Crippen MR) is 64.0 cm³/mol. The lowest BCUT2D eigenvalue weighted by Crippen LogP contribution is -2.37. The van der Waals surface area contributed by atoms with Gasteiger partial charge in [0.05, 0.1) is 18.8 Å². The first-order valence-corrected chi connectivity index (χ1v) is 5.74. The Balaban J connectivity index is 2.38. The Kier molecular flexibility index (Phi) is 3.65. The van der Waals surface area contributed by atoms with Gasteiger partial charge in [0.15, 0.2) is 0 Å². The summed E-state index contributed by atoms with van der Waals surface area (Å²) in [7, 11) is 1.60. The van der Waals surface area contributed by atoms with Crippen molar-refractivity contribution < 1.29 is 17.9 Å². The highest BCUT2D eigenvalue weighted by Gasteiger charge is 2.35. The van der Waals surface area contributed by atoms with Crippen LogP contribution in [-0.4, -0.2) is 33.4 Å². The van der Waals surface area contributed by atoms with E-state index in [-0.39, 0.29) is 5.69 Å². The van der Waals surface area contributed by atoms with Gasteiger partial charge in [0.25, 0.3) is 0 Å². The van der Waals surface area contributed by atoms with Crippen molar-refractivity contribution in [3.05, 3.63) is 23.8 Å². The minimum Gasteiger partial charge on any atom is -0.388 e. The number of morpholine rings is 1. The maximum absolute atomic E-state index is 13.0. The van der Waals surface area contributed by atoms with Gasteiger partial charge in [0, 0.05) is 31.5 Å². The third-order valence-corrected chi connectivity index (χ3v) is 2.94. The molecule has 0 aliphatic carbocycles. The Hall–Kier alpha value is -1.43. The Morgan fingerprint density at radius 2 is 1.89 bits per heavy atom. The van der Waals surface area contributed by atoms with Crippen LogP contribution in [-0.2, 0) is 10.9 Å². The molecule has 1 saturated heterocycles. The lowest BCUT2D eigenvalue weighted by Gasteiger charge is -2.31. The summed E-state index contributed by atoms with van der Waals surface area (Å²) in [6.07, 6.45) is -4.35. The van der Waals surface area contributed by atoms with E-state index in [0.717, 1.165) is 6.07 Å². The summed E-state index contributed by atoms with van der Waals surface area (Å²) in [6.45, 7) is 1.90.